The zero-order valence-corrected chi connectivity index (χ0v) is 7.87. The predicted octanol–water partition coefficient (Wildman–Crippen LogP) is 1.05. The molecule has 1 aliphatic carbocycles. The normalized spacial score (nSPS) is 39.1. The average Bonchev–Trinajstić information content (AvgIpc) is 2.26. The lowest BCUT2D eigenvalue weighted by atomic mass is 10.0. The van der Waals surface area contributed by atoms with E-state index in [-0.39, 0.29) is 12.3 Å². The lowest BCUT2D eigenvalue weighted by Gasteiger charge is -2.15. The minimum absolute atomic E-state index is 0.221. The number of aliphatic hydroxyl groups is 1. The summed E-state index contributed by atoms with van der Waals surface area (Å²) in [5, 5.41) is 9.41. The van der Waals surface area contributed by atoms with Gasteiger partial charge in [-0.05, 0) is 6.42 Å². The first-order chi connectivity index (χ1) is 6.06. The summed E-state index contributed by atoms with van der Waals surface area (Å²) in [6, 6.07) is 0. The van der Waals surface area contributed by atoms with E-state index in [4.69, 9.17) is 4.74 Å². The fourth-order valence-corrected chi connectivity index (χ4v) is 1.85. The topological polar surface area (TPSA) is 46.5 Å². The highest BCUT2D eigenvalue weighted by molar-refractivity contribution is 5.66. The lowest BCUT2D eigenvalue weighted by molar-refractivity contribution is -0.149. The summed E-state index contributed by atoms with van der Waals surface area (Å²) >= 11 is 0. The highest BCUT2D eigenvalue weighted by Crippen LogP contribution is 2.33. The van der Waals surface area contributed by atoms with Gasteiger partial charge in [-0.25, -0.2) is 4.39 Å². The molecule has 1 aliphatic rings. The molecule has 13 heavy (non-hydrogen) atoms. The van der Waals surface area contributed by atoms with Gasteiger partial charge in [-0.1, -0.05) is 6.92 Å². The third-order valence-corrected chi connectivity index (χ3v) is 2.52. The number of halogens is 1. The van der Waals surface area contributed by atoms with Crippen molar-refractivity contribution in [3.05, 3.63) is 0 Å². The van der Waals surface area contributed by atoms with Crippen molar-refractivity contribution in [2.45, 2.75) is 45.1 Å². The van der Waals surface area contributed by atoms with Crippen LogP contribution in [0.2, 0.25) is 0 Å². The summed E-state index contributed by atoms with van der Waals surface area (Å²) in [5.41, 5.74) is 0. The molecule has 1 N–H and O–H groups in total. The molecule has 0 heterocycles. The number of alkyl halides is 1. The van der Waals surface area contributed by atoms with Gasteiger partial charge in [0.2, 0.25) is 0 Å². The van der Waals surface area contributed by atoms with Crippen molar-refractivity contribution in [3.63, 3.8) is 0 Å². The van der Waals surface area contributed by atoms with E-state index in [0.717, 1.165) is 0 Å². The summed E-state index contributed by atoms with van der Waals surface area (Å²) in [5.74, 6) is -0.874. The Kier molecular flexibility index (Phi) is 3.25. The van der Waals surface area contributed by atoms with Crippen molar-refractivity contribution in [1.82, 2.24) is 0 Å². The van der Waals surface area contributed by atoms with Crippen molar-refractivity contribution in [2.24, 2.45) is 5.92 Å². The van der Waals surface area contributed by atoms with E-state index in [2.05, 4.69) is 0 Å². The van der Waals surface area contributed by atoms with Gasteiger partial charge in [-0.2, -0.15) is 0 Å². The first kappa shape index (κ1) is 10.4. The van der Waals surface area contributed by atoms with Crippen LogP contribution in [0.3, 0.4) is 0 Å². The highest BCUT2D eigenvalue weighted by atomic mass is 19.1. The Morgan fingerprint density at radius 3 is 2.69 bits per heavy atom. The molecule has 0 aromatic rings. The van der Waals surface area contributed by atoms with Crippen LogP contribution in [0.1, 0.15) is 26.7 Å². The van der Waals surface area contributed by atoms with Crippen molar-refractivity contribution in [3.8, 4) is 0 Å². The molecule has 0 aromatic heterocycles. The summed E-state index contributed by atoms with van der Waals surface area (Å²) in [6.07, 6.45) is -1.86. The Balaban J connectivity index is 2.56. The van der Waals surface area contributed by atoms with E-state index in [1.807, 2.05) is 6.92 Å². The van der Waals surface area contributed by atoms with Gasteiger partial charge in [0.25, 0.3) is 0 Å². The van der Waals surface area contributed by atoms with Crippen LogP contribution in [0, 0.1) is 5.92 Å². The van der Waals surface area contributed by atoms with E-state index in [1.54, 1.807) is 0 Å². The van der Waals surface area contributed by atoms with Crippen LogP contribution in [0.4, 0.5) is 4.39 Å². The number of carbonyl (C=O) groups is 1. The van der Waals surface area contributed by atoms with Gasteiger partial charge in [-0.15, -0.1) is 0 Å². The molecule has 0 aromatic carbocycles. The molecular weight excluding hydrogens is 175 g/mol. The third-order valence-electron chi connectivity index (χ3n) is 2.52. The summed E-state index contributed by atoms with van der Waals surface area (Å²) in [6.45, 7) is 3.06. The van der Waals surface area contributed by atoms with Crippen molar-refractivity contribution in [2.75, 3.05) is 0 Å². The molecule has 0 amide bonds. The maximum atomic E-state index is 13.4. The second kappa shape index (κ2) is 4.05. The highest BCUT2D eigenvalue weighted by Gasteiger charge is 2.43. The minimum atomic E-state index is -1.22. The number of carbonyl (C=O) groups excluding carboxylic acids is 1. The van der Waals surface area contributed by atoms with Gasteiger partial charge in [0.15, 0.2) is 0 Å². The summed E-state index contributed by atoms with van der Waals surface area (Å²) < 4.78 is 18.2. The number of ether oxygens (including phenoxy) is 1. The molecule has 1 rings (SSSR count). The van der Waals surface area contributed by atoms with Crippen LogP contribution >= 0.6 is 0 Å². The molecule has 0 bridgehead atoms. The van der Waals surface area contributed by atoms with Gasteiger partial charge in [0.1, 0.15) is 12.3 Å². The zero-order chi connectivity index (χ0) is 10.0. The molecule has 0 saturated heterocycles. The summed E-state index contributed by atoms with van der Waals surface area (Å²) in [4.78, 5) is 10.6. The van der Waals surface area contributed by atoms with Crippen LogP contribution in [-0.2, 0) is 9.53 Å². The first-order valence-electron chi connectivity index (χ1n) is 4.55. The third kappa shape index (κ3) is 2.18. The van der Waals surface area contributed by atoms with Crippen LogP contribution < -0.4 is 0 Å². The smallest absolute Gasteiger partial charge is 0.303 e. The zero-order valence-electron chi connectivity index (χ0n) is 7.87. The van der Waals surface area contributed by atoms with Gasteiger partial charge < -0.3 is 9.84 Å². The predicted molar refractivity (Wildman–Crippen MR) is 44.9 cm³/mol. The van der Waals surface area contributed by atoms with E-state index in [1.165, 1.54) is 6.92 Å². The minimum Gasteiger partial charge on any atom is -0.459 e. The lowest BCUT2D eigenvalue weighted by Crippen LogP contribution is -2.26. The van der Waals surface area contributed by atoms with Crippen molar-refractivity contribution in [1.29, 1.82) is 0 Å². The molecule has 1 saturated carbocycles. The standard InChI is InChI=1S/C9H15FO3/c1-3-6-7(12)4-8(9(6)10)13-5(2)11/h6-9,12H,3-4H2,1-2H3/t6-,7+,8-,9?/m1/s1. The Labute approximate surface area is 76.9 Å². The SMILES string of the molecule is CC[C@H]1C(F)[C@H](OC(C)=O)C[C@@H]1O. The van der Waals surface area contributed by atoms with Crippen molar-refractivity contribution < 1.29 is 19.0 Å². The molecule has 3 nitrogen and oxygen atoms in total. The van der Waals surface area contributed by atoms with Gasteiger partial charge in [0.05, 0.1) is 6.10 Å². The Hall–Kier alpha value is -0.640. The fraction of sp³-hybridized carbons (Fsp3) is 0.889. The molecule has 4 atom stereocenters. The van der Waals surface area contributed by atoms with Gasteiger partial charge in [-0.3, -0.25) is 4.79 Å². The Bertz CT molecular complexity index is 195. The number of esters is 1. The van der Waals surface area contributed by atoms with Crippen LogP contribution in [0.15, 0.2) is 0 Å². The molecule has 0 spiro atoms. The molecule has 1 fully saturated rings. The molecule has 0 aliphatic heterocycles. The summed E-state index contributed by atoms with van der Waals surface area (Å²) in [7, 11) is 0. The number of rotatable bonds is 2. The van der Waals surface area contributed by atoms with E-state index in [0.29, 0.717) is 6.42 Å². The van der Waals surface area contributed by atoms with E-state index in [9.17, 15) is 14.3 Å². The second-order valence-corrected chi connectivity index (χ2v) is 3.47. The van der Waals surface area contributed by atoms with Gasteiger partial charge >= 0.3 is 5.97 Å². The number of aliphatic hydroxyl groups excluding tert-OH is 1. The first-order valence-corrected chi connectivity index (χ1v) is 4.55. The number of hydrogen-bond acceptors (Lipinski definition) is 3. The van der Waals surface area contributed by atoms with Crippen molar-refractivity contribution >= 4 is 5.97 Å². The van der Waals surface area contributed by atoms with Gasteiger partial charge in [0, 0.05) is 19.3 Å². The average molecular weight is 190 g/mol. The van der Waals surface area contributed by atoms with Crippen LogP contribution in [0.5, 0.6) is 0 Å². The Morgan fingerprint density at radius 2 is 2.31 bits per heavy atom. The van der Waals surface area contributed by atoms with Crippen LogP contribution in [-0.4, -0.2) is 29.5 Å². The second-order valence-electron chi connectivity index (χ2n) is 3.47. The quantitative estimate of drug-likeness (QED) is 0.662. The van der Waals surface area contributed by atoms with Crippen LogP contribution in [0.25, 0.3) is 0 Å². The molecule has 4 heteroatoms. The molecular formula is C9H15FO3. The Morgan fingerprint density at radius 1 is 1.69 bits per heavy atom. The molecule has 0 radical (unpaired) electrons. The molecule has 1 unspecified atom stereocenters. The monoisotopic (exact) mass is 190 g/mol. The van der Waals surface area contributed by atoms with E-state index < -0.39 is 24.3 Å². The largest absolute Gasteiger partial charge is 0.459 e. The maximum Gasteiger partial charge on any atom is 0.303 e. The molecule has 76 valence electrons. The fourth-order valence-electron chi connectivity index (χ4n) is 1.85. The maximum absolute atomic E-state index is 13.4. The van der Waals surface area contributed by atoms with E-state index >= 15 is 0 Å². The number of hydrogen-bond donors (Lipinski definition) is 1.